The molecule has 1 aromatic rings. The summed E-state index contributed by atoms with van der Waals surface area (Å²) < 4.78 is 22.7. The van der Waals surface area contributed by atoms with E-state index < -0.39 is 9.84 Å². The molecule has 0 aliphatic carbocycles. The van der Waals surface area contributed by atoms with Gasteiger partial charge in [-0.3, -0.25) is 4.79 Å². The zero-order chi connectivity index (χ0) is 16.0. The zero-order valence-electron chi connectivity index (χ0n) is 12.8. The van der Waals surface area contributed by atoms with Crippen molar-refractivity contribution in [2.45, 2.75) is 31.6 Å². The van der Waals surface area contributed by atoms with Crippen molar-refractivity contribution < 1.29 is 13.2 Å². The second-order valence-electron chi connectivity index (χ2n) is 5.78. The van der Waals surface area contributed by atoms with E-state index in [4.69, 9.17) is 5.73 Å². The molecule has 1 amide bonds. The molecule has 0 bridgehead atoms. The van der Waals surface area contributed by atoms with Gasteiger partial charge in [0.25, 0.3) is 0 Å². The van der Waals surface area contributed by atoms with E-state index in [0.717, 1.165) is 12.7 Å². The maximum absolute atomic E-state index is 12.0. The van der Waals surface area contributed by atoms with Crippen LogP contribution in [0.1, 0.15) is 26.7 Å². The lowest BCUT2D eigenvalue weighted by Gasteiger charge is -2.16. The molecule has 0 aliphatic heterocycles. The van der Waals surface area contributed by atoms with Crippen LogP contribution in [0.3, 0.4) is 0 Å². The van der Waals surface area contributed by atoms with Crippen LogP contribution in [0.15, 0.2) is 29.2 Å². The Morgan fingerprint density at radius 1 is 1.24 bits per heavy atom. The number of anilines is 1. The summed E-state index contributed by atoms with van der Waals surface area (Å²) in [5, 5.41) is 2.77. The molecule has 0 fully saturated rings. The van der Waals surface area contributed by atoms with E-state index >= 15 is 0 Å². The SMILES string of the molecule is CC(C)C[C@H](CN)CC(=O)Nc1ccc(S(C)(=O)=O)cc1. The van der Waals surface area contributed by atoms with Crippen LogP contribution in [0, 0.1) is 11.8 Å². The van der Waals surface area contributed by atoms with Crippen LogP contribution in [-0.2, 0) is 14.6 Å². The summed E-state index contributed by atoms with van der Waals surface area (Å²) in [6.45, 7) is 4.69. The lowest BCUT2D eigenvalue weighted by molar-refractivity contribution is -0.117. The molecule has 1 atom stereocenters. The minimum Gasteiger partial charge on any atom is -0.330 e. The number of hydrogen-bond acceptors (Lipinski definition) is 4. The Morgan fingerprint density at radius 2 is 1.81 bits per heavy atom. The van der Waals surface area contributed by atoms with Gasteiger partial charge in [0.15, 0.2) is 9.84 Å². The normalized spacial score (nSPS) is 13.2. The fraction of sp³-hybridized carbons (Fsp3) is 0.533. The standard InChI is InChI=1S/C15H24N2O3S/c1-11(2)8-12(10-16)9-15(18)17-13-4-6-14(7-5-13)21(3,19)20/h4-7,11-12H,8-10,16H2,1-3H3,(H,17,18)/t12-/m0/s1. The molecule has 0 heterocycles. The van der Waals surface area contributed by atoms with Crippen LogP contribution in [0.4, 0.5) is 5.69 Å². The predicted molar refractivity (Wildman–Crippen MR) is 84.8 cm³/mol. The second kappa shape index (κ2) is 7.56. The molecule has 118 valence electrons. The van der Waals surface area contributed by atoms with E-state index in [1.165, 1.54) is 12.1 Å². The summed E-state index contributed by atoms with van der Waals surface area (Å²) in [5.74, 6) is 0.568. The van der Waals surface area contributed by atoms with Crippen molar-refractivity contribution in [1.29, 1.82) is 0 Å². The molecule has 1 rings (SSSR count). The first-order chi connectivity index (χ1) is 9.72. The average Bonchev–Trinajstić information content (AvgIpc) is 2.36. The molecular formula is C15H24N2O3S. The topological polar surface area (TPSA) is 89.3 Å². The Balaban J connectivity index is 2.62. The van der Waals surface area contributed by atoms with Gasteiger partial charge in [-0.05, 0) is 49.1 Å². The van der Waals surface area contributed by atoms with E-state index in [1.54, 1.807) is 12.1 Å². The molecule has 6 heteroatoms. The molecular weight excluding hydrogens is 288 g/mol. The number of carbonyl (C=O) groups excluding carboxylic acids is 1. The van der Waals surface area contributed by atoms with Gasteiger partial charge in [0.1, 0.15) is 0 Å². The third-order valence-electron chi connectivity index (χ3n) is 3.18. The summed E-state index contributed by atoms with van der Waals surface area (Å²) in [6.07, 6.45) is 2.44. The molecule has 0 radical (unpaired) electrons. The summed E-state index contributed by atoms with van der Waals surface area (Å²) >= 11 is 0. The van der Waals surface area contributed by atoms with Gasteiger partial charge in [-0.1, -0.05) is 13.8 Å². The first-order valence-corrected chi connectivity index (χ1v) is 8.91. The molecule has 0 saturated heterocycles. The Hall–Kier alpha value is -1.40. The maximum Gasteiger partial charge on any atom is 0.224 e. The van der Waals surface area contributed by atoms with Gasteiger partial charge in [0, 0.05) is 18.4 Å². The highest BCUT2D eigenvalue weighted by molar-refractivity contribution is 7.90. The Labute approximate surface area is 126 Å². The van der Waals surface area contributed by atoms with Crippen LogP contribution in [-0.4, -0.2) is 27.1 Å². The number of sulfone groups is 1. The molecule has 1 aromatic carbocycles. The molecule has 0 aliphatic rings. The van der Waals surface area contributed by atoms with Crippen molar-refractivity contribution in [2.75, 3.05) is 18.1 Å². The lowest BCUT2D eigenvalue weighted by atomic mass is 9.94. The number of amides is 1. The number of hydrogen-bond donors (Lipinski definition) is 2. The van der Waals surface area contributed by atoms with Gasteiger partial charge in [-0.15, -0.1) is 0 Å². The molecule has 3 N–H and O–H groups in total. The number of carbonyl (C=O) groups is 1. The fourth-order valence-electron chi connectivity index (χ4n) is 2.19. The molecule has 21 heavy (non-hydrogen) atoms. The number of benzene rings is 1. The number of rotatable bonds is 7. The van der Waals surface area contributed by atoms with Crippen molar-refractivity contribution >= 4 is 21.4 Å². The van der Waals surface area contributed by atoms with E-state index in [2.05, 4.69) is 19.2 Å². The lowest BCUT2D eigenvalue weighted by Crippen LogP contribution is -2.23. The smallest absolute Gasteiger partial charge is 0.224 e. The minimum atomic E-state index is -3.21. The van der Waals surface area contributed by atoms with E-state index in [1.807, 2.05) is 0 Å². The van der Waals surface area contributed by atoms with Crippen molar-refractivity contribution in [3.05, 3.63) is 24.3 Å². The highest BCUT2D eigenvalue weighted by Gasteiger charge is 2.14. The highest BCUT2D eigenvalue weighted by atomic mass is 32.2. The van der Waals surface area contributed by atoms with Gasteiger partial charge < -0.3 is 11.1 Å². The van der Waals surface area contributed by atoms with E-state index in [9.17, 15) is 13.2 Å². The van der Waals surface area contributed by atoms with Crippen LogP contribution >= 0.6 is 0 Å². The third kappa shape index (κ3) is 6.27. The molecule has 0 spiro atoms. The zero-order valence-corrected chi connectivity index (χ0v) is 13.6. The second-order valence-corrected chi connectivity index (χ2v) is 7.80. The molecule has 5 nitrogen and oxygen atoms in total. The van der Waals surface area contributed by atoms with Crippen LogP contribution in [0.25, 0.3) is 0 Å². The van der Waals surface area contributed by atoms with E-state index in [-0.39, 0.29) is 16.7 Å². The maximum atomic E-state index is 12.0. The van der Waals surface area contributed by atoms with Crippen molar-refractivity contribution in [2.24, 2.45) is 17.6 Å². The summed E-state index contributed by atoms with van der Waals surface area (Å²) in [6, 6.07) is 6.15. The highest BCUT2D eigenvalue weighted by Crippen LogP contribution is 2.17. The largest absolute Gasteiger partial charge is 0.330 e. The van der Waals surface area contributed by atoms with Crippen LogP contribution in [0.2, 0.25) is 0 Å². The van der Waals surface area contributed by atoms with Gasteiger partial charge >= 0.3 is 0 Å². The molecule has 0 saturated carbocycles. The monoisotopic (exact) mass is 312 g/mol. The first kappa shape index (κ1) is 17.7. The number of nitrogens with two attached hydrogens (primary N) is 1. The first-order valence-electron chi connectivity index (χ1n) is 7.02. The van der Waals surface area contributed by atoms with Crippen molar-refractivity contribution in [3.63, 3.8) is 0 Å². The quantitative estimate of drug-likeness (QED) is 0.806. The Bertz CT molecular complexity index is 565. The number of nitrogens with one attached hydrogen (secondary N) is 1. The summed E-state index contributed by atoms with van der Waals surface area (Å²) in [4.78, 5) is 12.2. The van der Waals surface area contributed by atoms with Crippen molar-refractivity contribution in [3.8, 4) is 0 Å². The molecule has 0 aromatic heterocycles. The van der Waals surface area contributed by atoms with Crippen LogP contribution < -0.4 is 11.1 Å². The third-order valence-corrected chi connectivity index (χ3v) is 4.31. The van der Waals surface area contributed by atoms with Crippen molar-refractivity contribution in [1.82, 2.24) is 0 Å². The Kier molecular flexibility index (Phi) is 6.36. The molecule has 0 unspecified atom stereocenters. The van der Waals surface area contributed by atoms with Gasteiger partial charge in [0.05, 0.1) is 4.90 Å². The fourth-order valence-corrected chi connectivity index (χ4v) is 2.82. The predicted octanol–water partition coefficient (Wildman–Crippen LogP) is 2.04. The van der Waals surface area contributed by atoms with Gasteiger partial charge in [-0.2, -0.15) is 0 Å². The summed E-state index contributed by atoms with van der Waals surface area (Å²) in [5.41, 5.74) is 6.27. The average molecular weight is 312 g/mol. The van der Waals surface area contributed by atoms with Gasteiger partial charge in [-0.25, -0.2) is 8.42 Å². The van der Waals surface area contributed by atoms with E-state index in [0.29, 0.717) is 24.6 Å². The Morgan fingerprint density at radius 3 is 2.24 bits per heavy atom. The summed E-state index contributed by atoms with van der Waals surface area (Å²) in [7, 11) is -3.21. The minimum absolute atomic E-state index is 0.0989. The van der Waals surface area contributed by atoms with Gasteiger partial charge in [0.2, 0.25) is 5.91 Å². The van der Waals surface area contributed by atoms with Crippen LogP contribution in [0.5, 0.6) is 0 Å².